The van der Waals surface area contributed by atoms with Gasteiger partial charge in [0.2, 0.25) is 0 Å². The molecule has 1 radical (unpaired) electrons. The van der Waals surface area contributed by atoms with Crippen LogP contribution in [0.5, 0.6) is 0 Å². The van der Waals surface area contributed by atoms with Gasteiger partial charge in [-0.3, -0.25) is 0 Å². The molecule has 0 aliphatic carbocycles. The van der Waals surface area contributed by atoms with E-state index >= 15 is 0 Å². The van der Waals surface area contributed by atoms with Gasteiger partial charge in [-0.1, -0.05) is 6.82 Å². The molecule has 0 aromatic rings. The van der Waals surface area contributed by atoms with E-state index < -0.39 is 0 Å². The first-order valence-electron chi connectivity index (χ1n) is 2.22. The summed E-state index contributed by atoms with van der Waals surface area (Å²) in [5.74, 6) is 0.101. The second-order valence-corrected chi connectivity index (χ2v) is 2.46. The van der Waals surface area contributed by atoms with E-state index in [-0.39, 0.29) is 11.3 Å². The highest BCUT2D eigenvalue weighted by Gasteiger charge is 2.02. The van der Waals surface area contributed by atoms with Gasteiger partial charge in [-0.25, -0.2) is 0 Å². The molecule has 0 aromatic carbocycles. The van der Waals surface area contributed by atoms with Crippen LogP contribution in [0.15, 0.2) is 0 Å². The van der Waals surface area contributed by atoms with E-state index in [0.29, 0.717) is 0 Å². The van der Waals surface area contributed by atoms with E-state index in [0.717, 1.165) is 0 Å². The topological polar surface area (TPSA) is 29.5 Å². The van der Waals surface area contributed by atoms with Gasteiger partial charge in [-0.15, -0.1) is 11.8 Å². The highest BCUT2D eigenvalue weighted by Crippen LogP contribution is 2.11. The van der Waals surface area contributed by atoms with Crippen molar-refractivity contribution in [2.75, 3.05) is 5.94 Å². The number of aliphatic hydroxyl groups is 1. The Morgan fingerprint density at radius 3 is 2.75 bits per heavy atom. The normalized spacial score (nSPS) is 13.4. The van der Waals surface area contributed by atoms with Crippen LogP contribution in [0.1, 0.15) is 0 Å². The molecule has 0 saturated carbocycles. The number of aliphatic hydroxyl groups excluding tert-OH is 1. The highest BCUT2D eigenvalue weighted by molar-refractivity contribution is 8.00. The van der Waals surface area contributed by atoms with Gasteiger partial charge in [0.25, 0.3) is 0 Å². The quantitative estimate of drug-likeness (QED) is 0.360. The Morgan fingerprint density at radius 2 is 2.62 bits per heavy atom. The summed E-state index contributed by atoms with van der Waals surface area (Å²) in [5.41, 5.74) is 0. The molecule has 0 spiro atoms. The molecule has 0 aliphatic heterocycles. The standard InChI is InChI=1S/C3H9BO2PS/c1-4-3(6-7)8-2-5/h3,5H,2,7H2,1H3. The predicted octanol–water partition coefficient (Wildman–Crippen LogP) is 0.512. The van der Waals surface area contributed by atoms with Gasteiger partial charge in [0.1, 0.15) is 0 Å². The zero-order chi connectivity index (χ0) is 6.41. The summed E-state index contributed by atoms with van der Waals surface area (Å²) < 4.78 is 4.80. The van der Waals surface area contributed by atoms with E-state index in [1.165, 1.54) is 11.8 Å². The molecule has 2 unspecified atom stereocenters. The molecule has 47 valence electrons. The van der Waals surface area contributed by atoms with Crippen molar-refractivity contribution in [2.45, 2.75) is 12.2 Å². The predicted molar refractivity (Wildman–Crippen MR) is 40.9 cm³/mol. The summed E-state index contributed by atoms with van der Waals surface area (Å²) >= 11 is 1.33. The van der Waals surface area contributed by atoms with Crippen molar-refractivity contribution < 1.29 is 9.63 Å². The number of hydrogen-bond donors (Lipinski definition) is 1. The summed E-state index contributed by atoms with van der Waals surface area (Å²) in [6, 6.07) is 0. The lowest BCUT2D eigenvalue weighted by Crippen LogP contribution is -2.09. The Hall–Kier alpha value is 0.765. The summed E-state index contributed by atoms with van der Waals surface area (Å²) in [7, 11) is 4.02. The van der Waals surface area contributed by atoms with E-state index in [1.807, 2.05) is 14.1 Å². The molecule has 0 aromatic heterocycles. The minimum absolute atomic E-state index is 0.00463. The van der Waals surface area contributed by atoms with Crippen molar-refractivity contribution in [3.05, 3.63) is 0 Å². The van der Waals surface area contributed by atoms with E-state index in [9.17, 15) is 0 Å². The van der Waals surface area contributed by atoms with Crippen molar-refractivity contribution in [3.8, 4) is 0 Å². The van der Waals surface area contributed by atoms with Crippen LogP contribution < -0.4 is 0 Å². The lowest BCUT2D eigenvalue weighted by Gasteiger charge is -2.07. The molecular formula is C3H9BO2PS. The van der Waals surface area contributed by atoms with Gasteiger partial charge in [-0.05, 0) is 0 Å². The SMILES string of the molecule is C[B]C(OP)SCO. The zero-order valence-electron chi connectivity index (χ0n) is 4.70. The third-order valence-electron chi connectivity index (χ3n) is 0.645. The smallest absolute Gasteiger partial charge is 0.160 e. The molecule has 0 heterocycles. The molecule has 1 N–H and O–H groups in total. The third-order valence-corrected chi connectivity index (χ3v) is 2.00. The van der Waals surface area contributed by atoms with Gasteiger partial charge < -0.3 is 9.63 Å². The fraction of sp³-hybridized carbons (Fsp3) is 1.00. The fourth-order valence-corrected chi connectivity index (χ4v) is 1.10. The second-order valence-electron chi connectivity index (χ2n) is 1.13. The molecule has 2 atom stereocenters. The molecule has 0 fully saturated rings. The van der Waals surface area contributed by atoms with Crippen molar-refractivity contribution >= 4 is 28.5 Å². The van der Waals surface area contributed by atoms with Gasteiger partial charge in [0, 0.05) is 9.47 Å². The number of hydrogen-bond acceptors (Lipinski definition) is 3. The van der Waals surface area contributed by atoms with Gasteiger partial charge in [0.05, 0.1) is 11.3 Å². The lowest BCUT2D eigenvalue weighted by atomic mass is 9.84. The molecule has 2 nitrogen and oxygen atoms in total. The average molecular weight is 151 g/mol. The average Bonchev–Trinajstić information content (AvgIpc) is 1.83. The first-order chi connectivity index (χ1) is 3.85. The van der Waals surface area contributed by atoms with Crippen LogP contribution in [-0.2, 0) is 4.52 Å². The maximum atomic E-state index is 8.35. The number of rotatable bonds is 4. The third kappa shape index (κ3) is 3.73. The largest absolute Gasteiger partial charge is 0.386 e. The Kier molecular flexibility index (Phi) is 6.46. The summed E-state index contributed by atoms with van der Waals surface area (Å²) in [4.78, 5) is 0. The van der Waals surface area contributed by atoms with E-state index in [4.69, 9.17) is 9.63 Å². The van der Waals surface area contributed by atoms with Crippen molar-refractivity contribution in [3.63, 3.8) is 0 Å². The van der Waals surface area contributed by atoms with E-state index in [2.05, 4.69) is 9.47 Å². The summed E-state index contributed by atoms with van der Waals surface area (Å²) in [5, 5.41) is 8.36. The van der Waals surface area contributed by atoms with Crippen LogP contribution in [0.25, 0.3) is 0 Å². The van der Waals surface area contributed by atoms with E-state index in [1.54, 1.807) is 0 Å². The molecule has 0 bridgehead atoms. The summed E-state index contributed by atoms with van der Waals surface area (Å²) in [6.45, 7) is 1.89. The maximum absolute atomic E-state index is 8.35. The molecule has 0 amide bonds. The van der Waals surface area contributed by atoms with Crippen LogP contribution in [0.3, 0.4) is 0 Å². The molecular weight excluding hydrogens is 142 g/mol. The molecule has 0 rings (SSSR count). The monoisotopic (exact) mass is 151 g/mol. The molecule has 0 saturated heterocycles. The van der Waals surface area contributed by atoms with Crippen LogP contribution in [0.4, 0.5) is 0 Å². The van der Waals surface area contributed by atoms with Gasteiger partial charge in [-0.2, -0.15) is 0 Å². The first-order valence-corrected chi connectivity index (χ1v) is 3.74. The van der Waals surface area contributed by atoms with Crippen LogP contribution in [0.2, 0.25) is 6.82 Å². The van der Waals surface area contributed by atoms with Gasteiger partial charge in [0.15, 0.2) is 7.28 Å². The zero-order valence-corrected chi connectivity index (χ0v) is 6.67. The molecule has 0 aliphatic rings. The van der Waals surface area contributed by atoms with Gasteiger partial charge >= 0.3 is 0 Å². The highest BCUT2D eigenvalue weighted by atomic mass is 32.2. The second kappa shape index (κ2) is 5.89. The summed E-state index contributed by atoms with van der Waals surface area (Å²) in [6.07, 6.45) is 0. The minimum atomic E-state index is 0.00463. The Morgan fingerprint density at radius 1 is 2.00 bits per heavy atom. The Balaban J connectivity index is 3.07. The fourth-order valence-electron chi connectivity index (χ4n) is 0.288. The molecule has 5 heteroatoms. The minimum Gasteiger partial charge on any atom is -0.386 e. The van der Waals surface area contributed by atoms with Crippen molar-refractivity contribution in [1.29, 1.82) is 0 Å². The number of thioether (sulfide) groups is 1. The Labute approximate surface area is 56.9 Å². The van der Waals surface area contributed by atoms with Crippen LogP contribution in [-0.4, -0.2) is 23.7 Å². The maximum Gasteiger partial charge on any atom is 0.160 e. The van der Waals surface area contributed by atoms with Crippen molar-refractivity contribution in [1.82, 2.24) is 0 Å². The Bertz CT molecular complexity index is 52.5. The lowest BCUT2D eigenvalue weighted by molar-refractivity contribution is 0.365. The van der Waals surface area contributed by atoms with Crippen molar-refractivity contribution in [2.24, 2.45) is 0 Å². The van der Waals surface area contributed by atoms with Crippen LogP contribution >= 0.6 is 21.2 Å². The molecule has 8 heavy (non-hydrogen) atoms. The first kappa shape index (κ1) is 8.76. The van der Waals surface area contributed by atoms with Crippen LogP contribution in [0, 0.1) is 0 Å².